The Balaban J connectivity index is 1.83. The van der Waals surface area contributed by atoms with Crippen molar-refractivity contribution in [3.8, 4) is 5.75 Å². The number of carbonyl (C=O) groups excluding carboxylic acids is 1. The first-order valence-corrected chi connectivity index (χ1v) is 7.82. The second-order valence-corrected chi connectivity index (χ2v) is 5.82. The number of hydrazone groups is 1. The average molecular weight is 337 g/mol. The first kappa shape index (κ1) is 16.7. The molecule has 1 N–H and O–H groups in total. The van der Waals surface area contributed by atoms with E-state index in [9.17, 15) is 17.8 Å². The van der Waals surface area contributed by atoms with E-state index >= 15 is 0 Å². The normalized spacial score (nSPS) is 11.6. The number of nitrogens with one attached hydrogen (secondary N) is 1. The van der Waals surface area contributed by atoms with Gasteiger partial charge in [0.15, 0.2) is 16.7 Å². The molecule has 0 aliphatic heterocycles. The number of amides is 1. The minimum atomic E-state index is -4.65. The van der Waals surface area contributed by atoms with Crippen LogP contribution in [-0.2, 0) is 14.9 Å². The quantitative estimate of drug-likeness (QED) is 0.477. The van der Waals surface area contributed by atoms with Crippen LogP contribution in [0.1, 0.15) is 11.3 Å². The van der Waals surface area contributed by atoms with Crippen LogP contribution in [0.5, 0.6) is 5.75 Å². The molecule has 0 bridgehead atoms. The molecule has 2 aromatic rings. The molecule has 0 saturated heterocycles. The van der Waals surface area contributed by atoms with Gasteiger partial charge in [-0.15, -0.1) is 0 Å². The summed E-state index contributed by atoms with van der Waals surface area (Å²) in [5.74, 6) is 0.0609. The molecule has 0 atom stereocenters. The minimum Gasteiger partial charge on any atom is -0.742 e. The van der Waals surface area contributed by atoms with E-state index in [0.29, 0.717) is 5.75 Å². The van der Waals surface area contributed by atoms with Crippen LogP contribution in [-0.4, -0.2) is 31.7 Å². The number of hydrogen-bond acceptors (Lipinski definition) is 7. The van der Waals surface area contributed by atoms with Crippen LogP contribution in [0.4, 0.5) is 0 Å². The third kappa shape index (κ3) is 5.24. The van der Waals surface area contributed by atoms with Crippen molar-refractivity contribution in [1.82, 2.24) is 5.43 Å². The largest absolute Gasteiger partial charge is 0.742 e. The first-order chi connectivity index (χ1) is 10.8. The lowest BCUT2D eigenvalue weighted by Gasteiger charge is -2.05. The summed E-state index contributed by atoms with van der Waals surface area (Å²) in [4.78, 5) is 11.5. The van der Waals surface area contributed by atoms with Gasteiger partial charge in [0, 0.05) is 0 Å². The summed E-state index contributed by atoms with van der Waals surface area (Å²) in [5.41, 5.74) is 3.18. The zero-order chi connectivity index (χ0) is 16.9. The van der Waals surface area contributed by atoms with Gasteiger partial charge in [-0.05, 0) is 36.8 Å². The van der Waals surface area contributed by atoms with Gasteiger partial charge in [0.25, 0.3) is 5.91 Å². The SMILES string of the molecule is Cc1cccc(OCC(=O)NN=Cc2ccc(S(=O)(=O)[O-])o2)c1. The van der Waals surface area contributed by atoms with E-state index < -0.39 is 21.1 Å². The average Bonchev–Trinajstić information content (AvgIpc) is 2.94. The summed E-state index contributed by atoms with van der Waals surface area (Å²) in [6.07, 6.45) is 1.07. The number of carbonyl (C=O) groups is 1. The molecule has 0 radical (unpaired) electrons. The van der Waals surface area contributed by atoms with Gasteiger partial charge in [0.2, 0.25) is 5.09 Å². The van der Waals surface area contributed by atoms with Crippen molar-refractivity contribution in [3.63, 3.8) is 0 Å². The highest BCUT2D eigenvalue weighted by atomic mass is 32.2. The molecule has 1 aromatic heterocycles. The maximum absolute atomic E-state index is 11.5. The van der Waals surface area contributed by atoms with Crippen LogP contribution in [0, 0.1) is 6.92 Å². The molecular weight excluding hydrogens is 324 g/mol. The van der Waals surface area contributed by atoms with E-state index in [1.165, 1.54) is 6.07 Å². The summed E-state index contributed by atoms with van der Waals surface area (Å²) in [5, 5.41) is 2.86. The van der Waals surface area contributed by atoms with Crippen LogP contribution in [0.3, 0.4) is 0 Å². The molecular formula is C14H13N2O6S-. The maximum Gasteiger partial charge on any atom is 0.277 e. The van der Waals surface area contributed by atoms with Crippen molar-refractivity contribution < 1.29 is 26.9 Å². The minimum absolute atomic E-state index is 0.0133. The van der Waals surface area contributed by atoms with E-state index in [0.717, 1.165) is 17.8 Å². The molecule has 0 aliphatic rings. The predicted molar refractivity (Wildman–Crippen MR) is 79.1 cm³/mol. The van der Waals surface area contributed by atoms with Crippen LogP contribution >= 0.6 is 0 Å². The summed E-state index contributed by atoms with van der Waals surface area (Å²) in [6, 6.07) is 9.45. The molecule has 0 unspecified atom stereocenters. The Hall–Kier alpha value is -2.65. The van der Waals surface area contributed by atoms with Crippen LogP contribution in [0.15, 0.2) is 51.0 Å². The van der Waals surface area contributed by atoms with Crippen molar-refractivity contribution in [1.29, 1.82) is 0 Å². The van der Waals surface area contributed by atoms with Crippen molar-refractivity contribution in [2.75, 3.05) is 6.61 Å². The van der Waals surface area contributed by atoms with E-state index in [1.807, 2.05) is 13.0 Å². The number of benzene rings is 1. The molecule has 9 heteroatoms. The Morgan fingerprint density at radius 2 is 2.17 bits per heavy atom. The maximum atomic E-state index is 11.5. The number of furan rings is 1. The zero-order valence-corrected chi connectivity index (χ0v) is 12.9. The molecule has 0 spiro atoms. The second kappa shape index (κ2) is 7.07. The van der Waals surface area contributed by atoms with Crippen molar-refractivity contribution in [2.24, 2.45) is 5.10 Å². The summed E-state index contributed by atoms with van der Waals surface area (Å²) in [7, 11) is -4.65. The third-order valence-corrected chi connectivity index (χ3v) is 3.30. The van der Waals surface area contributed by atoms with Gasteiger partial charge in [-0.25, -0.2) is 13.8 Å². The highest BCUT2D eigenvalue weighted by Gasteiger charge is 2.06. The lowest BCUT2D eigenvalue weighted by Crippen LogP contribution is -2.24. The standard InChI is InChI=1S/C14H14N2O6S/c1-10-3-2-4-11(7-10)21-9-13(17)16-15-8-12-5-6-14(22-12)23(18,19)20/h2-8H,9H2,1H3,(H,16,17)(H,18,19,20)/p-1. The summed E-state index contributed by atoms with van der Waals surface area (Å²) >= 11 is 0. The lowest BCUT2D eigenvalue weighted by molar-refractivity contribution is -0.123. The molecule has 1 amide bonds. The fraction of sp³-hybridized carbons (Fsp3) is 0.143. The number of ether oxygens (including phenoxy) is 1. The Kier molecular flexibility index (Phi) is 5.14. The van der Waals surface area contributed by atoms with Crippen molar-refractivity contribution in [3.05, 3.63) is 47.7 Å². The fourth-order valence-corrected chi connectivity index (χ4v) is 2.03. The van der Waals surface area contributed by atoms with Gasteiger partial charge in [0.05, 0.1) is 6.21 Å². The number of rotatable bonds is 6. The highest BCUT2D eigenvalue weighted by Crippen LogP contribution is 2.12. The van der Waals surface area contributed by atoms with Gasteiger partial charge in [0.1, 0.15) is 11.5 Å². The molecule has 23 heavy (non-hydrogen) atoms. The molecule has 1 heterocycles. The van der Waals surface area contributed by atoms with Gasteiger partial charge in [-0.1, -0.05) is 12.1 Å². The van der Waals surface area contributed by atoms with Gasteiger partial charge >= 0.3 is 0 Å². The topological polar surface area (TPSA) is 121 Å². The molecule has 0 aliphatic carbocycles. The monoisotopic (exact) mass is 337 g/mol. The van der Waals surface area contributed by atoms with Crippen molar-refractivity contribution >= 4 is 22.2 Å². The molecule has 2 rings (SSSR count). The van der Waals surface area contributed by atoms with E-state index in [2.05, 4.69) is 10.5 Å². The molecule has 122 valence electrons. The fourth-order valence-electron chi connectivity index (χ4n) is 1.59. The van der Waals surface area contributed by atoms with Gasteiger partial charge in [-0.3, -0.25) is 4.79 Å². The van der Waals surface area contributed by atoms with E-state index in [-0.39, 0.29) is 12.4 Å². The van der Waals surface area contributed by atoms with Gasteiger partial charge in [-0.2, -0.15) is 5.10 Å². The predicted octanol–water partition coefficient (Wildman–Crippen LogP) is 1.02. The summed E-state index contributed by atoms with van der Waals surface area (Å²) < 4.78 is 42.1. The van der Waals surface area contributed by atoms with Gasteiger partial charge < -0.3 is 13.7 Å². The van der Waals surface area contributed by atoms with Crippen LogP contribution in [0.2, 0.25) is 0 Å². The molecule has 8 nitrogen and oxygen atoms in total. The zero-order valence-electron chi connectivity index (χ0n) is 12.1. The third-order valence-electron chi connectivity index (χ3n) is 2.59. The Morgan fingerprint density at radius 3 is 2.83 bits per heavy atom. The van der Waals surface area contributed by atoms with Crippen LogP contribution in [0.25, 0.3) is 0 Å². The van der Waals surface area contributed by atoms with E-state index in [4.69, 9.17) is 9.15 Å². The Bertz CT molecular complexity index is 825. The molecule has 0 fully saturated rings. The molecule has 1 aromatic carbocycles. The highest BCUT2D eigenvalue weighted by molar-refractivity contribution is 7.85. The second-order valence-electron chi connectivity index (χ2n) is 4.51. The number of aryl methyl sites for hydroxylation is 1. The Labute approximate surface area is 132 Å². The number of nitrogens with zero attached hydrogens (tertiary/aromatic N) is 1. The number of hydrogen-bond donors (Lipinski definition) is 1. The smallest absolute Gasteiger partial charge is 0.277 e. The van der Waals surface area contributed by atoms with Crippen LogP contribution < -0.4 is 10.2 Å². The lowest BCUT2D eigenvalue weighted by atomic mass is 10.2. The first-order valence-electron chi connectivity index (χ1n) is 6.42. The Morgan fingerprint density at radius 1 is 1.39 bits per heavy atom. The molecule has 0 saturated carbocycles. The van der Waals surface area contributed by atoms with E-state index in [1.54, 1.807) is 18.2 Å². The van der Waals surface area contributed by atoms with Crippen molar-refractivity contribution in [2.45, 2.75) is 12.0 Å². The summed E-state index contributed by atoms with van der Waals surface area (Å²) in [6.45, 7) is 1.66.